The molecule has 3 rings (SSSR count). The summed E-state index contributed by atoms with van der Waals surface area (Å²) in [5, 5.41) is 28.9. The molecule has 1 heterocycles. The van der Waals surface area contributed by atoms with Gasteiger partial charge in [0.25, 0.3) is 5.91 Å². The Morgan fingerprint density at radius 2 is 1.82 bits per heavy atom. The summed E-state index contributed by atoms with van der Waals surface area (Å²) in [6.07, 6.45) is 2.53. The van der Waals surface area contributed by atoms with Crippen LogP contribution in [0.25, 0.3) is 10.9 Å². The van der Waals surface area contributed by atoms with Gasteiger partial charge in [-0.15, -0.1) is 0 Å². The first-order chi connectivity index (χ1) is 12.8. The minimum Gasteiger partial charge on any atom is -0.481 e. The first-order valence-corrected chi connectivity index (χ1v) is 8.54. The molecule has 0 aliphatic heterocycles. The summed E-state index contributed by atoms with van der Waals surface area (Å²) in [5.41, 5.74) is 5.76. The monoisotopic (exact) mass is 395 g/mol. The van der Waals surface area contributed by atoms with Crippen molar-refractivity contribution in [1.82, 2.24) is 15.8 Å². The lowest BCUT2D eigenvalue weighted by Gasteiger charge is -2.21. The lowest BCUT2D eigenvalue weighted by atomic mass is 9.91. The number of nitrogens with one attached hydrogen (secondary N) is 3. The lowest BCUT2D eigenvalue weighted by Crippen LogP contribution is -2.31. The molecule has 0 radical (unpaired) electrons. The van der Waals surface area contributed by atoms with Crippen LogP contribution in [0.4, 0.5) is 0 Å². The summed E-state index contributed by atoms with van der Waals surface area (Å²) in [6, 6.07) is 5.94. The van der Waals surface area contributed by atoms with E-state index in [9.17, 15) is 14.4 Å². The third-order valence-corrected chi connectivity index (χ3v) is 4.51. The highest BCUT2D eigenvalue weighted by atomic mass is 16.5. The minimum absolute atomic E-state index is 0. The van der Waals surface area contributed by atoms with Gasteiger partial charge in [0.15, 0.2) is 0 Å². The quantitative estimate of drug-likeness (QED) is 0.314. The molecule has 1 unspecified atom stereocenters. The Labute approximate surface area is 160 Å². The Morgan fingerprint density at radius 1 is 1.18 bits per heavy atom. The Morgan fingerprint density at radius 3 is 2.36 bits per heavy atom. The number of hydrogen-bond donors (Lipinski definition) is 6. The zero-order chi connectivity index (χ0) is 20.0. The lowest BCUT2D eigenvalue weighted by molar-refractivity contribution is -0.143. The molecule has 1 aromatic heterocycles. The van der Waals surface area contributed by atoms with Crippen LogP contribution >= 0.6 is 0 Å². The van der Waals surface area contributed by atoms with Crippen molar-refractivity contribution in [3.05, 3.63) is 35.0 Å². The number of hydrogen-bond acceptors (Lipinski definition) is 5. The van der Waals surface area contributed by atoms with Crippen LogP contribution in [0, 0.1) is 0 Å². The third-order valence-electron chi connectivity index (χ3n) is 4.51. The number of likely N-dealkylation sites (N-methyl/N-ethyl adjacent to an activating group) is 1. The molecule has 0 saturated heterocycles. The molecule has 1 aliphatic carbocycles. The Bertz CT molecular complexity index is 833. The van der Waals surface area contributed by atoms with Crippen molar-refractivity contribution in [1.29, 1.82) is 0 Å². The molecule has 1 aromatic carbocycles. The molecule has 0 bridgehead atoms. The van der Waals surface area contributed by atoms with Crippen molar-refractivity contribution >= 4 is 28.7 Å². The Kier molecular flexibility index (Phi) is 8.58. The number of rotatable bonds is 5. The highest BCUT2D eigenvalue weighted by Crippen LogP contribution is 2.29. The van der Waals surface area contributed by atoms with E-state index in [1.165, 1.54) is 11.3 Å². The molecular weight excluding hydrogens is 370 g/mol. The molecular formula is C18H25N3O7. The number of carboxylic acids is 2. The van der Waals surface area contributed by atoms with Crippen LogP contribution in [0.2, 0.25) is 0 Å². The van der Waals surface area contributed by atoms with Crippen LogP contribution in [-0.4, -0.2) is 56.8 Å². The minimum atomic E-state index is -1.08. The Balaban J connectivity index is 0.000000376. The van der Waals surface area contributed by atoms with Gasteiger partial charge in [-0.25, -0.2) is 5.48 Å². The molecule has 0 fully saturated rings. The zero-order valence-electron chi connectivity index (χ0n) is 15.4. The number of aromatic amines is 1. The second-order valence-corrected chi connectivity index (χ2v) is 6.30. The van der Waals surface area contributed by atoms with E-state index >= 15 is 0 Å². The van der Waals surface area contributed by atoms with Crippen LogP contribution in [-0.2, 0) is 22.4 Å². The van der Waals surface area contributed by atoms with E-state index in [0.29, 0.717) is 11.6 Å². The average Bonchev–Trinajstić information content (AvgIpc) is 3.03. The highest BCUT2D eigenvalue weighted by Gasteiger charge is 2.21. The summed E-state index contributed by atoms with van der Waals surface area (Å²) in [5.74, 6) is -2.63. The summed E-state index contributed by atoms with van der Waals surface area (Å²) >= 11 is 0. The van der Waals surface area contributed by atoms with Crippen molar-refractivity contribution in [2.24, 2.45) is 0 Å². The SMILES string of the molecule is CNC1CCc2[nH]c3ccc(C(=O)NO)cc3c2C1.O.O=C(O)CCC(=O)O. The van der Waals surface area contributed by atoms with Crippen molar-refractivity contribution in [2.75, 3.05) is 7.05 Å². The number of H-pyrrole nitrogens is 1. The van der Waals surface area contributed by atoms with E-state index in [1.54, 1.807) is 11.5 Å². The number of carboxylic acid groups (broad SMARTS) is 2. The van der Waals surface area contributed by atoms with E-state index in [-0.39, 0.29) is 18.3 Å². The maximum Gasteiger partial charge on any atom is 0.303 e. The second kappa shape index (κ2) is 10.4. The number of aliphatic carboxylic acids is 2. The maximum atomic E-state index is 11.5. The van der Waals surface area contributed by atoms with Crippen molar-refractivity contribution in [2.45, 2.75) is 38.1 Å². The van der Waals surface area contributed by atoms with Crippen molar-refractivity contribution in [3.8, 4) is 0 Å². The number of aromatic nitrogens is 1. The average molecular weight is 395 g/mol. The normalized spacial score (nSPS) is 14.9. The highest BCUT2D eigenvalue weighted by molar-refractivity contribution is 5.98. The molecule has 28 heavy (non-hydrogen) atoms. The number of amides is 1. The molecule has 0 spiro atoms. The van der Waals surface area contributed by atoms with Crippen LogP contribution in [0.3, 0.4) is 0 Å². The number of hydroxylamine groups is 1. The number of carbonyl (C=O) groups excluding carboxylic acids is 1. The van der Waals surface area contributed by atoms with Gasteiger partial charge in [-0.1, -0.05) is 0 Å². The van der Waals surface area contributed by atoms with Gasteiger partial charge in [0.05, 0.1) is 12.8 Å². The van der Waals surface area contributed by atoms with Gasteiger partial charge in [0.2, 0.25) is 0 Å². The molecule has 1 amide bonds. The maximum absolute atomic E-state index is 11.5. The molecule has 1 aliphatic rings. The van der Waals surface area contributed by atoms with Crippen molar-refractivity contribution < 1.29 is 35.3 Å². The molecule has 2 aromatic rings. The fourth-order valence-corrected chi connectivity index (χ4v) is 3.08. The predicted octanol–water partition coefficient (Wildman–Crippen LogP) is 0.475. The van der Waals surface area contributed by atoms with Gasteiger partial charge >= 0.3 is 11.9 Å². The van der Waals surface area contributed by atoms with Gasteiger partial charge < -0.3 is 26.0 Å². The second-order valence-electron chi connectivity index (χ2n) is 6.30. The van der Waals surface area contributed by atoms with Crippen LogP contribution in [0.5, 0.6) is 0 Å². The summed E-state index contributed by atoms with van der Waals surface area (Å²) in [7, 11) is 1.98. The van der Waals surface area contributed by atoms with E-state index in [0.717, 1.165) is 30.2 Å². The van der Waals surface area contributed by atoms with Crippen molar-refractivity contribution in [3.63, 3.8) is 0 Å². The van der Waals surface area contributed by atoms with Gasteiger partial charge in [0, 0.05) is 28.2 Å². The van der Waals surface area contributed by atoms with E-state index in [1.807, 2.05) is 19.2 Å². The first-order valence-electron chi connectivity index (χ1n) is 8.54. The molecule has 8 N–H and O–H groups in total. The largest absolute Gasteiger partial charge is 0.481 e. The van der Waals surface area contributed by atoms with Gasteiger partial charge in [0.1, 0.15) is 0 Å². The number of benzene rings is 1. The molecule has 0 saturated carbocycles. The predicted molar refractivity (Wildman–Crippen MR) is 101 cm³/mol. The fourth-order valence-electron chi connectivity index (χ4n) is 3.08. The van der Waals surface area contributed by atoms with E-state index in [4.69, 9.17) is 15.4 Å². The third kappa shape index (κ3) is 5.78. The fraction of sp³-hybridized carbons (Fsp3) is 0.389. The zero-order valence-corrected chi connectivity index (χ0v) is 15.4. The molecule has 10 heteroatoms. The summed E-state index contributed by atoms with van der Waals surface area (Å²) in [6.45, 7) is 0. The smallest absolute Gasteiger partial charge is 0.303 e. The van der Waals surface area contributed by atoms with Gasteiger partial charge in [-0.3, -0.25) is 19.6 Å². The Hall–Kier alpha value is -2.95. The van der Waals surface area contributed by atoms with E-state index in [2.05, 4.69) is 10.3 Å². The number of carbonyl (C=O) groups is 3. The van der Waals surface area contributed by atoms with Crippen LogP contribution in [0.1, 0.15) is 40.9 Å². The van der Waals surface area contributed by atoms with Crippen LogP contribution in [0.15, 0.2) is 18.2 Å². The van der Waals surface area contributed by atoms with Gasteiger partial charge in [-0.05, 0) is 50.1 Å². The van der Waals surface area contributed by atoms with Gasteiger partial charge in [-0.2, -0.15) is 0 Å². The molecule has 10 nitrogen and oxygen atoms in total. The standard InChI is InChI=1S/C14H17N3O2.C4H6O4.H2O/c1-15-9-3-5-13-11(7-9)10-6-8(14(18)17-19)2-4-12(10)16-13;5-3(6)1-2-4(7)8;/h2,4,6,9,15-16,19H,3,5,7H2,1H3,(H,17,18);1-2H2,(H,5,6)(H,7,8);1H2. The first kappa shape index (κ1) is 23.1. The number of aryl methyl sites for hydroxylation is 1. The summed E-state index contributed by atoms with van der Waals surface area (Å²) < 4.78 is 0. The topological polar surface area (TPSA) is 183 Å². The van der Waals surface area contributed by atoms with E-state index < -0.39 is 17.8 Å². The summed E-state index contributed by atoms with van der Waals surface area (Å²) in [4.78, 5) is 34.2. The molecule has 1 atom stereocenters. The molecule has 154 valence electrons. The number of fused-ring (bicyclic) bond motifs is 3. The van der Waals surface area contributed by atoms with Crippen LogP contribution < -0.4 is 10.8 Å².